The number of nitrogens with one attached hydrogen (secondary N) is 2. The lowest BCUT2D eigenvalue weighted by Crippen LogP contribution is -2.59. The molecule has 39 heavy (non-hydrogen) atoms. The second-order valence-corrected chi connectivity index (χ2v) is 13.4. The van der Waals surface area contributed by atoms with Crippen molar-refractivity contribution in [1.82, 2.24) is 10.0 Å². The topological polar surface area (TPSA) is 172 Å². The molecule has 14 heteroatoms. The van der Waals surface area contributed by atoms with Crippen LogP contribution >= 0.6 is 7.60 Å². The number of benzene rings is 1. The molecule has 0 bridgehead atoms. The van der Waals surface area contributed by atoms with E-state index >= 15 is 0 Å². The van der Waals surface area contributed by atoms with Gasteiger partial charge in [-0.25, -0.2) is 13.0 Å². The van der Waals surface area contributed by atoms with Gasteiger partial charge in [-0.15, -0.1) is 0 Å². The molecule has 0 spiro atoms. The Hall–Kier alpha value is -2.54. The molecule has 2 rings (SSSR count). The minimum atomic E-state index is -4.41. The Morgan fingerprint density at radius 2 is 1.72 bits per heavy atom. The molecular formula is C25H38N3O9PS. The van der Waals surface area contributed by atoms with Crippen molar-refractivity contribution in [2.75, 3.05) is 19.8 Å². The van der Waals surface area contributed by atoms with Gasteiger partial charge in [0.2, 0.25) is 4.93 Å². The molecule has 1 aliphatic rings. The van der Waals surface area contributed by atoms with Crippen LogP contribution in [0.5, 0.6) is 5.75 Å². The van der Waals surface area contributed by atoms with E-state index in [0.717, 1.165) is 0 Å². The summed E-state index contributed by atoms with van der Waals surface area (Å²) in [7, 11) is -8.61. The van der Waals surface area contributed by atoms with E-state index in [0.29, 0.717) is 5.75 Å². The third-order valence-electron chi connectivity index (χ3n) is 5.24. The monoisotopic (exact) mass is 587 g/mol. The average Bonchev–Trinajstić information content (AvgIpc) is 2.84. The number of para-hydroxylation sites is 1. The van der Waals surface area contributed by atoms with E-state index in [4.69, 9.17) is 24.3 Å². The SMILES string of the molecule is CCOP(=O)(OCC)C(=O)NCC(C(=O)OC(C)(C)C)C(N)NS(=O)(=O)C1(Oc2ccccc2)C=CC=CC1. The molecule has 3 atom stereocenters. The summed E-state index contributed by atoms with van der Waals surface area (Å²) in [5, 5.41) is 2.33. The second kappa shape index (κ2) is 13.7. The molecule has 3 unspecified atom stereocenters. The third-order valence-corrected chi connectivity index (χ3v) is 8.97. The number of esters is 1. The highest BCUT2D eigenvalue weighted by atomic mass is 32.2. The van der Waals surface area contributed by atoms with Crippen molar-refractivity contribution in [1.29, 1.82) is 0 Å². The van der Waals surface area contributed by atoms with Crippen LogP contribution in [0.1, 0.15) is 41.0 Å². The Labute approximate surface area is 229 Å². The Morgan fingerprint density at radius 1 is 1.10 bits per heavy atom. The molecule has 0 radical (unpaired) electrons. The zero-order chi connectivity index (χ0) is 29.3. The predicted molar refractivity (Wildman–Crippen MR) is 146 cm³/mol. The standard InChI is InChI=1S/C25H38N3O9PS/c1-6-34-38(31,35-7-2)23(30)27-18-20(22(29)37-24(3,4)5)21(26)28-39(32,33)25(16-12-9-13-17-25)36-19-14-10-8-11-15-19/h8-16,20-21,28H,6-7,17-18,26H2,1-5H3,(H,27,30). The number of carbonyl (C=O) groups is 2. The highest BCUT2D eigenvalue weighted by Gasteiger charge is 2.47. The van der Waals surface area contributed by atoms with Gasteiger partial charge in [-0.3, -0.25) is 9.59 Å². The number of allylic oxidation sites excluding steroid dienone is 2. The second-order valence-electron chi connectivity index (χ2n) is 9.52. The largest absolute Gasteiger partial charge is 0.466 e. The molecule has 4 N–H and O–H groups in total. The lowest BCUT2D eigenvalue weighted by Gasteiger charge is -2.34. The molecule has 0 saturated heterocycles. The number of ether oxygens (including phenoxy) is 2. The lowest BCUT2D eigenvalue weighted by molar-refractivity contribution is -0.160. The van der Waals surface area contributed by atoms with Crippen LogP contribution < -0.4 is 20.5 Å². The molecule has 12 nitrogen and oxygen atoms in total. The van der Waals surface area contributed by atoms with Gasteiger partial charge >= 0.3 is 19.2 Å². The summed E-state index contributed by atoms with van der Waals surface area (Å²) in [4.78, 5) is 23.9. The third kappa shape index (κ3) is 8.99. The highest BCUT2D eigenvalue weighted by molar-refractivity contribution is 7.91. The van der Waals surface area contributed by atoms with Crippen LogP contribution in [0, 0.1) is 5.92 Å². The predicted octanol–water partition coefficient (Wildman–Crippen LogP) is 3.42. The smallest absolute Gasteiger partial charge is 0.418 e. The van der Waals surface area contributed by atoms with E-state index < -0.39 is 58.4 Å². The number of hydrogen-bond donors (Lipinski definition) is 3. The summed E-state index contributed by atoms with van der Waals surface area (Å²) in [5.41, 5.74) is 4.18. The zero-order valence-electron chi connectivity index (χ0n) is 22.8. The van der Waals surface area contributed by atoms with E-state index in [9.17, 15) is 22.6 Å². The van der Waals surface area contributed by atoms with Crippen LogP contribution in [-0.4, -0.2) is 56.5 Å². The molecular weight excluding hydrogens is 549 g/mol. The molecule has 1 aliphatic carbocycles. The summed E-state index contributed by atoms with van der Waals surface area (Å²) in [6.07, 6.45) is 4.59. The van der Waals surface area contributed by atoms with E-state index in [1.807, 2.05) is 0 Å². The number of sulfonamides is 1. The van der Waals surface area contributed by atoms with Crippen molar-refractivity contribution in [2.45, 2.75) is 57.7 Å². The first-order valence-corrected chi connectivity index (χ1v) is 15.5. The number of rotatable bonds is 14. The van der Waals surface area contributed by atoms with Crippen molar-refractivity contribution in [3.05, 3.63) is 54.6 Å². The average molecular weight is 588 g/mol. The van der Waals surface area contributed by atoms with Crippen molar-refractivity contribution in [3.8, 4) is 5.75 Å². The summed E-state index contributed by atoms with van der Waals surface area (Å²) in [6, 6.07) is 8.37. The summed E-state index contributed by atoms with van der Waals surface area (Å²) < 4.78 is 63.9. The van der Waals surface area contributed by atoms with Crippen LogP contribution in [0.25, 0.3) is 0 Å². The van der Waals surface area contributed by atoms with Gasteiger partial charge in [0, 0.05) is 13.0 Å². The normalized spacial score (nSPS) is 19.2. The van der Waals surface area contributed by atoms with Gasteiger partial charge in [0.15, 0.2) is 0 Å². The van der Waals surface area contributed by atoms with Crippen LogP contribution in [0.15, 0.2) is 54.6 Å². The molecule has 0 saturated carbocycles. The summed E-state index contributed by atoms with van der Waals surface area (Å²) in [5.74, 6) is -2.01. The first kappa shape index (κ1) is 32.7. The number of hydrogen-bond acceptors (Lipinski definition) is 10. The fraction of sp³-hybridized carbons (Fsp3) is 0.520. The van der Waals surface area contributed by atoms with Crippen LogP contribution in [-0.2, 0) is 33.2 Å². The molecule has 0 fully saturated rings. The van der Waals surface area contributed by atoms with E-state index in [2.05, 4.69) is 10.0 Å². The molecule has 1 aromatic rings. The first-order valence-electron chi connectivity index (χ1n) is 12.4. The Bertz CT molecular complexity index is 1190. The van der Waals surface area contributed by atoms with Gasteiger partial charge in [-0.05, 0) is 52.8 Å². The Morgan fingerprint density at radius 3 is 2.23 bits per heavy atom. The lowest BCUT2D eigenvalue weighted by atomic mass is 10.1. The first-order chi connectivity index (χ1) is 18.2. The Kier molecular flexibility index (Phi) is 11.5. The minimum Gasteiger partial charge on any atom is -0.466 e. The molecule has 218 valence electrons. The molecule has 1 amide bonds. The minimum absolute atomic E-state index is 0.0415. The van der Waals surface area contributed by atoms with Gasteiger partial charge < -0.3 is 29.6 Å². The quantitative estimate of drug-likeness (QED) is 0.166. The van der Waals surface area contributed by atoms with E-state index in [1.54, 1.807) is 63.3 Å². The molecule has 0 aliphatic heterocycles. The van der Waals surface area contributed by atoms with Gasteiger partial charge in [0.25, 0.3) is 10.0 Å². The number of carbonyl (C=O) groups excluding carboxylic acids is 2. The van der Waals surface area contributed by atoms with Gasteiger partial charge in [-0.1, -0.05) is 36.4 Å². The van der Waals surface area contributed by atoms with Crippen molar-refractivity contribution >= 4 is 29.2 Å². The Balaban J connectivity index is 2.33. The van der Waals surface area contributed by atoms with E-state index in [-0.39, 0.29) is 19.6 Å². The van der Waals surface area contributed by atoms with Crippen LogP contribution in [0.3, 0.4) is 0 Å². The fourth-order valence-electron chi connectivity index (χ4n) is 3.48. The molecule has 1 aromatic carbocycles. The van der Waals surface area contributed by atoms with Gasteiger partial charge in [0.05, 0.1) is 19.4 Å². The van der Waals surface area contributed by atoms with Crippen LogP contribution in [0.2, 0.25) is 0 Å². The molecule has 0 heterocycles. The maximum atomic E-state index is 13.7. The highest BCUT2D eigenvalue weighted by Crippen LogP contribution is 2.48. The molecule has 0 aromatic heterocycles. The van der Waals surface area contributed by atoms with Gasteiger partial charge in [-0.2, -0.15) is 4.72 Å². The van der Waals surface area contributed by atoms with Crippen molar-refractivity contribution in [3.63, 3.8) is 0 Å². The maximum absolute atomic E-state index is 13.7. The maximum Gasteiger partial charge on any atom is 0.418 e. The van der Waals surface area contributed by atoms with Crippen molar-refractivity contribution in [2.24, 2.45) is 11.7 Å². The zero-order valence-corrected chi connectivity index (χ0v) is 24.5. The summed E-state index contributed by atoms with van der Waals surface area (Å²) in [6.45, 7) is 7.29. The van der Waals surface area contributed by atoms with Crippen molar-refractivity contribution < 1.29 is 41.1 Å². The summed E-state index contributed by atoms with van der Waals surface area (Å²) >= 11 is 0. The number of amides is 1. The fourth-order valence-corrected chi connectivity index (χ4v) is 6.26. The number of nitrogens with two attached hydrogens (primary N) is 1. The van der Waals surface area contributed by atoms with E-state index in [1.165, 1.54) is 26.0 Å². The van der Waals surface area contributed by atoms with Gasteiger partial charge in [0.1, 0.15) is 17.3 Å². The van der Waals surface area contributed by atoms with Crippen LogP contribution in [0.4, 0.5) is 4.79 Å².